The molecule has 0 saturated heterocycles. The molecule has 0 aliphatic heterocycles. The van der Waals surface area contributed by atoms with E-state index >= 15 is 0 Å². The van der Waals surface area contributed by atoms with Crippen LogP contribution in [-0.4, -0.2) is 11.1 Å². The highest BCUT2D eigenvalue weighted by Crippen LogP contribution is 2.34. The van der Waals surface area contributed by atoms with Crippen LogP contribution in [0.1, 0.15) is 15.9 Å². The molecule has 2 aromatic carbocycles. The average molecular weight is 278 g/mol. The summed E-state index contributed by atoms with van der Waals surface area (Å²) in [5.74, 6) is -0.491. The molecule has 98 valence electrons. The van der Waals surface area contributed by atoms with E-state index < -0.39 is 5.97 Å². The van der Waals surface area contributed by atoms with E-state index in [1.54, 1.807) is 30.3 Å². The number of carboxylic acids is 1. The van der Waals surface area contributed by atoms with Crippen LogP contribution in [0.15, 0.2) is 36.4 Å². The molecule has 0 heterocycles. The molecule has 19 heavy (non-hydrogen) atoms. The van der Waals surface area contributed by atoms with Gasteiger partial charge in [-0.3, -0.25) is 0 Å². The lowest BCUT2D eigenvalue weighted by molar-refractivity contribution is 0.0694. The molecule has 0 fully saturated rings. The van der Waals surface area contributed by atoms with Crippen molar-refractivity contribution >= 4 is 23.3 Å². The summed E-state index contributed by atoms with van der Waals surface area (Å²) in [6.45, 7) is 1.84. The number of hydrogen-bond donors (Lipinski definition) is 2. The smallest absolute Gasteiger partial charge is 0.339 e. The van der Waals surface area contributed by atoms with Crippen LogP contribution in [0.2, 0.25) is 5.02 Å². The number of carbonyl (C=O) groups is 1. The van der Waals surface area contributed by atoms with Crippen molar-refractivity contribution in [3.05, 3.63) is 52.5 Å². The van der Waals surface area contributed by atoms with Crippen molar-refractivity contribution in [1.29, 1.82) is 0 Å². The van der Waals surface area contributed by atoms with Gasteiger partial charge < -0.3 is 15.6 Å². The summed E-state index contributed by atoms with van der Waals surface area (Å²) in [5, 5.41) is 9.64. The van der Waals surface area contributed by atoms with Crippen molar-refractivity contribution in [1.82, 2.24) is 0 Å². The second kappa shape index (κ2) is 5.20. The number of ether oxygens (including phenoxy) is 1. The van der Waals surface area contributed by atoms with Crippen LogP contribution in [0.5, 0.6) is 11.5 Å². The Kier molecular flexibility index (Phi) is 3.62. The molecule has 0 radical (unpaired) electrons. The standard InChI is InChI=1S/C14H12ClNO3/c1-8-5-6-9(15)7-12(8)19-13-10(14(17)18)3-2-4-11(13)16/h2-7H,16H2,1H3,(H,17,18). The number of aryl methyl sites for hydroxylation is 1. The first-order chi connectivity index (χ1) is 8.99. The molecule has 0 saturated carbocycles. The number of halogens is 1. The van der Waals surface area contributed by atoms with Gasteiger partial charge in [0, 0.05) is 5.02 Å². The van der Waals surface area contributed by atoms with Crippen molar-refractivity contribution in [2.75, 3.05) is 5.73 Å². The topological polar surface area (TPSA) is 72.5 Å². The minimum absolute atomic E-state index is 0.0133. The quantitative estimate of drug-likeness (QED) is 0.839. The first-order valence-electron chi connectivity index (χ1n) is 5.55. The molecule has 3 N–H and O–H groups in total. The predicted octanol–water partition coefficient (Wildman–Crippen LogP) is 3.72. The summed E-state index contributed by atoms with van der Waals surface area (Å²) < 4.78 is 5.62. The van der Waals surface area contributed by atoms with Crippen LogP contribution in [-0.2, 0) is 0 Å². The molecule has 0 amide bonds. The predicted molar refractivity (Wildman–Crippen MR) is 74.1 cm³/mol. The van der Waals surface area contributed by atoms with Gasteiger partial charge in [-0.15, -0.1) is 0 Å². The Morgan fingerprint density at radius 3 is 2.74 bits per heavy atom. The van der Waals surface area contributed by atoms with Crippen LogP contribution in [0.25, 0.3) is 0 Å². The number of aromatic carboxylic acids is 1. The molecule has 2 aromatic rings. The molecule has 4 nitrogen and oxygen atoms in total. The van der Waals surface area contributed by atoms with Gasteiger partial charge in [0.15, 0.2) is 5.75 Å². The average Bonchev–Trinajstić information content (AvgIpc) is 2.35. The third-order valence-corrected chi connectivity index (χ3v) is 2.87. The fourth-order valence-electron chi connectivity index (χ4n) is 1.63. The fourth-order valence-corrected chi connectivity index (χ4v) is 1.79. The Morgan fingerprint density at radius 2 is 2.05 bits per heavy atom. The number of rotatable bonds is 3. The first kappa shape index (κ1) is 13.2. The maximum Gasteiger partial charge on any atom is 0.339 e. The Bertz CT molecular complexity index is 641. The molecular formula is C14H12ClNO3. The Hall–Kier alpha value is -2.20. The lowest BCUT2D eigenvalue weighted by Gasteiger charge is -2.13. The zero-order valence-corrected chi connectivity index (χ0v) is 10.9. The second-order valence-corrected chi connectivity index (χ2v) is 4.48. The molecule has 0 spiro atoms. The fraction of sp³-hybridized carbons (Fsp3) is 0.0714. The number of para-hydroxylation sites is 1. The molecule has 0 aliphatic rings. The second-order valence-electron chi connectivity index (χ2n) is 4.04. The normalized spacial score (nSPS) is 10.2. The highest BCUT2D eigenvalue weighted by Gasteiger charge is 2.15. The number of nitrogen functional groups attached to an aromatic ring is 1. The van der Waals surface area contributed by atoms with Crippen molar-refractivity contribution < 1.29 is 14.6 Å². The van der Waals surface area contributed by atoms with Gasteiger partial charge in [0.2, 0.25) is 0 Å². The van der Waals surface area contributed by atoms with E-state index in [0.29, 0.717) is 10.8 Å². The maximum absolute atomic E-state index is 11.2. The van der Waals surface area contributed by atoms with Crippen LogP contribution < -0.4 is 10.5 Å². The van der Waals surface area contributed by atoms with Gasteiger partial charge in [0.1, 0.15) is 11.3 Å². The van der Waals surface area contributed by atoms with Gasteiger partial charge in [0.05, 0.1) is 5.69 Å². The molecule has 2 rings (SSSR count). The van der Waals surface area contributed by atoms with Crippen LogP contribution in [0.3, 0.4) is 0 Å². The summed E-state index contributed by atoms with van der Waals surface area (Å²) >= 11 is 5.90. The number of hydrogen-bond acceptors (Lipinski definition) is 3. The van der Waals surface area contributed by atoms with Crippen LogP contribution in [0.4, 0.5) is 5.69 Å². The van der Waals surface area contributed by atoms with Gasteiger partial charge >= 0.3 is 5.97 Å². The van der Waals surface area contributed by atoms with Gasteiger partial charge in [0.25, 0.3) is 0 Å². The zero-order valence-electron chi connectivity index (χ0n) is 10.2. The largest absolute Gasteiger partial charge is 0.478 e. The van der Waals surface area contributed by atoms with Crippen molar-refractivity contribution in [3.8, 4) is 11.5 Å². The third-order valence-electron chi connectivity index (χ3n) is 2.64. The Labute approximate surface area is 115 Å². The summed E-state index contributed by atoms with van der Waals surface area (Å²) in [4.78, 5) is 11.2. The molecule has 0 bridgehead atoms. The van der Waals surface area contributed by atoms with Gasteiger partial charge in [-0.1, -0.05) is 23.7 Å². The first-order valence-corrected chi connectivity index (χ1v) is 5.92. The van der Waals surface area contributed by atoms with E-state index in [0.717, 1.165) is 5.56 Å². The van der Waals surface area contributed by atoms with Gasteiger partial charge in [-0.05, 0) is 36.8 Å². The molecule has 0 aromatic heterocycles. The SMILES string of the molecule is Cc1ccc(Cl)cc1Oc1c(N)cccc1C(=O)O. The van der Waals surface area contributed by atoms with E-state index in [9.17, 15) is 4.79 Å². The van der Waals surface area contributed by atoms with E-state index in [2.05, 4.69) is 0 Å². The van der Waals surface area contributed by atoms with E-state index in [-0.39, 0.29) is 17.0 Å². The lowest BCUT2D eigenvalue weighted by atomic mass is 10.1. The molecule has 5 heteroatoms. The van der Waals surface area contributed by atoms with Gasteiger partial charge in [-0.25, -0.2) is 4.79 Å². The molecular weight excluding hydrogens is 266 g/mol. The van der Waals surface area contributed by atoms with E-state index in [1.807, 2.05) is 6.92 Å². The van der Waals surface area contributed by atoms with Crippen molar-refractivity contribution in [2.45, 2.75) is 6.92 Å². The number of nitrogens with two attached hydrogens (primary N) is 1. The minimum atomic E-state index is -1.10. The number of carboxylic acid groups (broad SMARTS) is 1. The Balaban J connectivity index is 2.49. The molecule has 0 unspecified atom stereocenters. The Morgan fingerprint density at radius 1 is 1.32 bits per heavy atom. The van der Waals surface area contributed by atoms with Gasteiger partial charge in [-0.2, -0.15) is 0 Å². The zero-order chi connectivity index (χ0) is 14.0. The van der Waals surface area contributed by atoms with E-state index in [4.69, 9.17) is 27.2 Å². The highest BCUT2D eigenvalue weighted by atomic mass is 35.5. The lowest BCUT2D eigenvalue weighted by Crippen LogP contribution is -2.03. The minimum Gasteiger partial charge on any atom is -0.478 e. The number of benzene rings is 2. The highest BCUT2D eigenvalue weighted by molar-refractivity contribution is 6.30. The summed E-state index contributed by atoms with van der Waals surface area (Å²) in [5.41, 5.74) is 6.89. The molecule has 0 atom stereocenters. The van der Waals surface area contributed by atoms with Crippen molar-refractivity contribution in [2.24, 2.45) is 0 Å². The number of anilines is 1. The van der Waals surface area contributed by atoms with E-state index in [1.165, 1.54) is 6.07 Å². The summed E-state index contributed by atoms with van der Waals surface area (Å²) in [6.07, 6.45) is 0. The third kappa shape index (κ3) is 2.80. The monoisotopic (exact) mass is 277 g/mol. The van der Waals surface area contributed by atoms with Crippen LogP contribution in [0, 0.1) is 6.92 Å². The van der Waals surface area contributed by atoms with Crippen molar-refractivity contribution in [3.63, 3.8) is 0 Å². The maximum atomic E-state index is 11.2. The summed E-state index contributed by atoms with van der Waals surface area (Å²) in [7, 11) is 0. The molecule has 0 aliphatic carbocycles. The summed E-state index contributed by atoms with van der Waals surface area (Å²) in [6, 6.07) is 9.73. The van der Waals surface area contributed by atoms with Crippen LogP contribution >= 0.6 is 11.6 Å².